The molecule has 1 aliphatic heterocycles. The molecule has 2 heterocycles. The molecule has 2 N–H and O–H groups in total. The number of aliphatic hydroxyl groups is 1. The molecule has 3 atom stereocenters. The van der Waals surface area contributed by atoms with Gasteiger partial charge in [0.2, 0.25) is 5.91 Å². The van der Waals surface area contributed by atoms with E-state index in [-0.39, 0.29) is 24.5 Å². The van der Waals surface area contributed by atoms with Crippen molar-refractivity contribution in [3.05, 3.63) is 18.2 Å². The van der Waals surface area contributed by atoms with Crippen molar-refractivity contribution in [1.29, 1.82) is 0 Å². The van der Waals surface area contributed by atoms with E-state index >= 15 is 0 Å². The van der Waals surface area contributed by atoms with E-state index in [2.05, 4.69) is 15.2 Å². The average Bonchev–Trinajstić information content (AvgIpc) is 3.07. The summed E-state index contributed by atoms with van der Waals surface area (Å²) in [5.74, 6) is 0.737. The molecular weight excluding hydrogens is 284 g/mol. The molecule has 7 nitrogen and oxygen atoms in total. The smallest absolute Gasteiger partial charge is 0.240 e. The maximum Gasteiger partial charge on any atom is 0.240 e. The molecule has 7 heteroatoms. The van der Waals surface area contributed by atoms with Gasteiger partial charge in [-0.25, -0.2) is 4.98 Å². The quantitative estimate of drug-likeness (QED) is 0.786. The van der Waals surface area contributed by atoms with E-state index in [1.54, 1.807) is 17.0 Å². The predicted molar refractivity (Wildman–Crippen MR) is 80.3 cm³/mol. The zero-order valence-corrected chi connectivity index (χ0v) is 12.9. The van der Waals surface area contributed by atoms with Crippen LogP contribution < -0.4 is 5.32 Å². The minimum absolute atomic E-state index is 0.0761. The molecule has 1 aromatic rings. The fourth-order valence-corrected chi connectivity index (χ4v) is 3.40. The number of aryl methyl sites for hydroxylation is 1. The van der Waals surface area contributed by atoms with Crippen LogP contribution in [0.3, 0.4) is 0 Å². The van der Waals surface area contributed by atoms with Gasteiger partial charge in [0.15, 0.2) is 0 Å². The molecule has 3 rings (SSSR count). The Balaban J connectivity index is 1.52. The predicted octanol–water partition coefficient (Wildman–Crippen LogP) is -0.468. The minimum atomic E-state index is -0.508. The molecule has 1 aromatic heterocycles. The van der Waals surface area contributed by atoms with Gasteiger partial charge in [0.25, 0.3) is 0 Å². The number of hydrogen-bond acceptors (Lipinski definition) is 5. The lowest BCUT2D eigenvalue weighted by Gasteiger charge is -2.34. The van der Waals surface area contributed by atoms with Crippen LogP contribution >= 0.6 is 0 Å². The number of amides is 1. The number of morpholine rings is 1. The first kappa shape index (κ1) is 15.5. The highest BCUT2D eigenvalue weighted by atomic mass is 16.5. The van der Waals surface area contributed by atoms with Gasteiger partial charge < -0.3 is 19.7 Å². The van der Waals surface area contributed by atoms with Gasteiger partial charge in [-0.3, -0.25) is 9.69 Å². The lowest BCUT2D eigenvalue weighted by Crippen LogP contribution is -2.51. The summed E-state index contributed by atoms with van der Waals surface area (Å²) in [5, 5.41) is 13.5. The highest BCUT2D eigenvalue weighted by Gasteiger charge is 2.39. The third kappa shape index (κ3) is 3.31. The first-order valence-corrected chi connectivity index (χ1v) is 7.92. The number of nitrogens with zero attached hydrogens (tertiary/aromatic N) is 3. The topological polar surface area (TPSA) is 79.6 Å². The highest BCUT2D eigenvalue weighted by molar-refractivity contribution is 5.76. The molecule has 122 valence electrons. The van der Waals surface area contributed by atoms with Crippen molar-refractivity contribution in [3.8, 4) is 0 Å². The third-order valence-corrected chi connectivity index (χ3v) is 4.68. The zero-order valence-electron chi connectivity index (χ0n) is 12.9. The van der Waals surface area contributed by atoms with Crippen molar-refractivity contribution in [3.63, 3.8) is 0 Å². The number of hydrogen-bond donors (Lipinski definition) is 2. The van der Waals surface area contributed by atoms with Crippen molar-refractivity contribution < 1.29 is 14.6 Å². The van der Waals surface area contributed by atoms with E-state index in [0.29, 0.717) is 0 Å². The summed E-state index contributed by atoms with van der Waals surface area (Å²) in [6, 6.07) is -0.0339. The molecule has 1 saturated heterocycles. The van der Waals surface area contributed by atoms with Gasteiger partial charge >= 0.3 is 0 Å². The van der Waals surface area contributed by atoms with Gasteiger partial charge in [-0.05, 0) is 19.8 Å². The van der Waals surface area contributed by atoms with Crippen LogP contribution in [0.15, 0.2) is 12.4 Å². The van der Waals surface area contributed by atoms with Gasteiger partial charge in [-0.15, -0.1) is 0 Å². The number of carbonyl (C=O) groups is 1. The molecular formula is C15H24N4O3. The highest BCUT2D eigenvalue weighted by Crippen LogP contribution is 2.25. The summed E-state index contributed by atoms with van der Waals surface area (Å²) in [4.78, 5) is 18.5. The van der Waals surface area contributed by atoms with Gasteiger partial charge in [-0.2, -0.15) is 0 Å². The maximum atomic E-state index is 12.1. The zero-order chi connectivity index (χ0) is 15.5. The first-order valence-electron chi connectivity index (χ1n) is 7.92. The summed E-state index contributed by atoms with van der Waals surface area (Å²) in [7, 11) is 0. The Bertz CT molecular complexity index is 513. The van der Waals surface area contributed by atoms with Gasteiger partial charge in [-0.1, -0.05) is 0 Å². The molecule has 2 aliphatic rings. The van der Waals surface area contributed by atoms with Crippen LogP contribution in [0.5, 0.6) is 0 Å². The summed E-state index contributed by atoms with van der Waals surface area (Å²) in [6.07, 6.45) is 4.69. The molecule has 0 radical (unpaired) electrons. The van der Waals surface area contributed by atoms with E-state index in [0.717, 1.165) is 45.0 Å². The van der Waals surface area contributed by atoms with Crippen molar-refractivity contribution >= 4 is 5.91 Å². The number of ether oxygens (including phenoxy) is 1. The van der Waals surface area contributed by atoms with Gasteiger partial charge in [0.05, 0.1) is 25.4 Å². The molecule has 0 bridgehead atoms. The van der Waals surface area contributed by atoms with Crippen LogP contribution in [0.2, 0.25) is 0 Å². The van der Waals surface area contributed by atoms with E-state index in [4.69, 9.17) is 4.74 Å². The Morgan fingerprint density at radius 1 is 1.45 bits per heavy atom. The fraction of sp³-hybridized carbons (Fsp3) is 0.733. The lowest BCUT2D eigenvalue weighted by molar-refractivity contribution is -0.123. The molecule has 22 heavy (non-hydrogen) atoms. The fourth-order valence-electron chi connectivity index (χ4n) is 3.40. The van der Waals surface area contributed by atoms with Crippen LogP contribution in [-0.2, 0) is 16.1 Å². The summed E-state index contributed by atoms with van der Waals surface area (Å²) in [5.41, 5.74) is 0. The number of aromatic nitrogens is 2. The van der Waals surface area contributed by atoms with E-state index in [1.165, 1.54) is 0 Å². The number of rotatable bonds is 4. The van der Waals surface area contributed by atoms with Crippen LogP contribution in [-0.4, -0.2) is 70.0 Å². The van der Waals surface area contributed by atoms with Gasteiger partial charge in [0, 0.05) is 31.5 Å². The largest absolute Gasteiger partial charge is 0.389 e. The standard InChI is InChI=1S/C15H24N4O3/c1-11-16-4-5-19(11)10-14(20)17-12-2-3-13(15(12)21)18-6-8-22-9-7-18/h4-5,12-13,15,21H,2-3,6-10H2,1H3,(H,17,20)/t12-,13-,15-/m1/s1. The molecule has 0 aromatic carbocycles. The molecule has 1 aliphatic carbocycles. The minimum Gasteiger partial charge on any atom is -0.389 e. The second-order valence-electron chi connectivity index (χ2n) is 6.06. The van der Waals surface area contributed by atoms with Crippen LogP contribution in [0, 0.1) is 6.92 Å². The van der Waals surface area contributed by atoms with Crippen LogP contribution in [0.25, 0.3) is 0 Å². The Labute approximate surface area is 130 Å². The Hall–Kier alpha value is -1.44. The van der Waals surface area contributed by atoms with Crippen LogP contribution in [0.1, 0.15) is 18.7 Å². The normalized spacial score (nSPS) is 29.6. The summed E-state index contributed by atoms with van der Waals surface area (Å²) < 4.78 is 7.16. The van der Waals surface area contributed by atoms with Crippen molar-refractivity contribution in [1.82, 2.24) is 19.8 Å². The molecule has 2 fully saturated rings. The summed E-state index contributed by atoms with van der Waals surface area (Å²) >= 11 is 0. The van der Waals surface area contributed by atoms with Crippen molar-refractivity contribution in [2.75, 3.05) is 26.3 Å². The number of carbonyl (C=O) groups excluding carboxylic acids is 1. The Morgan fingerprint density at radius 3 is 2.91 bits per heavy atom. The van der Waals surface area contributed by atoms with E-state index in [9.17, 15) is 9.90 Å². The van der Waals surface area contributed by atoms with E-state index in [1.807, 2.05) is 6.92 Å². The van der Waals surface area contributed by atoms with Gasteiger partial charge in [0.1, 0.15) is 12.4 Å². The molecule has 1 saturated carbocycles. The number of imidazole rings is 1. The molecule has 0 spiro atoms. The number of aliphatic hydroxyl groups excluding tert-OH is 1. The maximum absolute atomic E-state index is 12.1. The van der Waals surface area contributed by atoms with Crippen molar-refractivity contribution in [2.45, 2.75) is 44.5 Å². The monoisotopic (exact) mass is 308 g/mol. The summed E-state index contributed by atoms with van der Waals surface area (Å²) in [6.45, 7) is 5.27. The average molecular weight is 308 g/mol. The second kappa shape index (κ2) is 6.76. The van der Waals surface area contributed by atoms with Crippen LogP contribution in [0.4, 0.5) is 0 Å². The van der Waals surface area contributed by atoms with E-state index < -0.39 is 6.10 Å². The molecule has 0 unspecified atom stereocenters. The Morgan fingerprint density at radius 2 is 2.23 bits per heavy atom. The first-order chi connectivity index (χ1) is 10.6. The SMILES string of the molecule is Cc1nccn1CC(=O)N[C@@H]1CC[C@@H](N2CCOCC2)[C@@H]1O. The lowest BCUT2D eigenvalue weighted by atomic mass is 10.1. The van der Waals surface area contributed by atoms with Crippen molar-refractivity contribution in [2.24, 2.45) is 0 Å². The number of nitrogens with one attached hydrogen (secondary N) is 1. The second-order valence-corrected chi connectivity index (χ2v) is 6.06. The molecule has 1 amide bonds. The Kier molecular flexibility index (Phi) is 4.75. The third-order valence-electron chi connectivity index (χ3n) is 4.68.